The highest BCUT2D eigenvalue weighted by Crippen LogP contribution is 2.16. The van der Waals surface area contributed by atoms with Crippen molar-refractivity contribution in [3.8, 4) is 0 Å². The number of thiophene rings is 1. The van der Waals surface area contributed by atoms with Crippen LogP contribution in [0.25, 0.3) is 0 Å². The van der Waals surface area contributed by atoms with E-state index in [1.165, 1.54) is 16.0 Å². The molecule has 0 spiro atoms. The Morgan fingerprint density at radius 3 is 2.76 bits per heavy atom. The molecule has 114 valence electrons. The molecule has 2 atom stereocenters. The topological polar surface area (TPSA) is 41.5 Å². The van der Waals surface area contributed by atoms with Crippen molar-refractivity contribution in [1.82, 2.24) is 5.32 Å². The number of aliphatic hydroxyl groups excluding tert-OH is 1. The van der Waals surface area contributed by atoms with Gasteiger partial charge in [-0.25, -0.2) is 0 Å². The van der Waals surface area contributed by atoms with Crippen molar-refractivity contribution in [3.63, 3.8) is 0 Å². The van der Waals surface area contributed by atoms with Crippen molar-refractivity contribution in [2.75, 3.05) is 13.2 Å². The summed E-state index contributed by atoms with van der Waals surface area (Å²) >= 11 is 1.67. The number of benzene rings is 1. The number of ether oxygens (including phenoxy) is 1. The summed E-state index contributed by atoms with van der Waals surface area (Å²) in [5.41, 5.74) is 2.53. The van der Waals surface area contributed by atoms with Crippen LogP contribution >= 0.6 is 11.3 Å². The number of hydrogen-bond donors (Lipinski definition) is 2. The Kier molecular flexibility index (Phi) is 6.39. The van der Waals surface area contributed by atoms with E-state index >= 15 is 0 Å². The number of hydrogen-bond acceptors (Lipinski definition) is 4. The van der Waals surface area contributed by atoms with Crippen LogP contribution in [0, 0.1) is 6.92 Å². The van der Waals surface area contributed by atoms with Gasteiger partial charge < -0.3 is 15.2 Å². The summed E-state index contributed by atoms with van der Waals surface area (Å²) in [5.74, 6) is 0. The summed E-state index contributed by atoms with van der Waals surface area (Å²) in [5, 5.41) is 15.3. The predicted molar refractivity (Wildman–Crippen MR) is 87.6 cm³/mol. The Hall–Kier alpha value is -1.20. The van der Waals surface area contributed by atoms with Crippen molar-refractivity contribution >= 4 is 11.3 Å². The third-order valence-electron chi connectivity index (χ3n) is 3.45. The van der Waals surface area contributed by atoms with Gasteiger partial charge >= 0.3 is 0 Å². The number of aliphatic hydroxyl groups is 1. The zero-order valence-corrected chi connectivity index (χ0v) is 13.4. The summed E-state index contributed by atoms with van der Waals surface area (Å²) < 4.78 is 5.52. The van der Waals surface area contributed by atoms with E-state index in [4.69, 9.17) is 4.74 Å². The summed E-state index contributed by atoms with van der Waals surface area (Å²) in [7, 11) is 0. The summed E-state index contributed by atoms with van der Waals surface area (Å²) in [6.45, 7) is 5.67. The molecule has 0 amide bonds. The summed E-state index contributed by atoms with van der Waals surface area (Å²) in [6, 6.07) is 12.6. The standard InChI is InChI=1S/C17H23NO2S/c1-13-6-3-4-8-17(13)14(2)18-10-15(19)11-20-12-16-7-5-9-21-16/h3-9,14-15,18-19H,10-12H2,1-2H3/t14-,15?/m1/s1. The van der Waals surface area contributed by atoms with Crippen molar-refractivity contribution in [2.45, 2.75) is 32.6 Å². The van der Waals surface area contributed by atoms with E-state index in [2.05, 4.69) is 31.3 Å². The van der Waals surface area contributed by atoms with E-state index in [1.807, 2.05) is 29.6 Å². The van der Waals surface area contributed by atoms with Crippen LogP contribution in [0.1, 0.15) is 29.0 Å². The maximum absolute atomic E-state index is 9.96. The summed E-state index contributed by atoms with van der Waals surface area (Å²) in [6.07, 6.45) is -0.489. The van der Waals surface area contributed by atoms with Crippen LogP contribution in [0.15, 0.2) is 41.8 Å². The van der Waals surface area contributed by atoms with Gasteiger partial charge in [-0.1, -0.05) is 30.3 Å². The molecule has 0 saturated heterocycles. The van der Waals surface area contributed by atoms with Gasteiger partial charge in [-0.3, -0.25) is 0 Å². The van der Waals surface area contributed by atoms with E-state index in [-0.39, 0.29) is 6.04 Å². The fraction of sp³-hybridized carbons (Fsp3) is 0.412. The lowest BCUT2D eigenvalue weighted by atomic mass is 10.0. The average Bonchev–Trinajstić information content (AvgIpc) is 2.98. The first kappa shape index (κ1) is 16.2. The average molecular weight is 305 g/mol. The maximum Gasteiger partial charge on any atom is 0.0898 e. The molecule has 0 fully saturated rings. The van der Waals surface area contributed by atoms with Crippen LogP contribution in [-0.2, 0) is 11.3 Å². The third-order valence-corrected chi connectivity index (χ3v) is 4.30. The second kappa shape index (κ2) is 8.29. The molecule has 0 radical (unpaired) electrons. The molecular weight excluding hydrogens is 282 g/mol. The van der Waals surface area contributed by atoms with E-state index in [1.54, 1.807) is 11.3 Å². The van der Waals surface area contributed by atoms with E-state index < -0.39 is 6.10 Å². The number of nitrogens with one attached hydrogen (secondary N) is 1. The molecule has 0 aliphatic carbocycles. The second-order valence-corrected chi connectivity index (χ2v) is 6.27. The SMILES string of the molecule is Cc1ccccc1[C@@H](C)NCC(O)COCc1cccs1. The van der Waals surface area contributed by atoms with E-state index in [0.29, 0.717) is 19.8 Å². The molecule has 2 rings (SSSR count). The van der Waals surface area contributed by atoms with Gasteiger partial charge in [0.2, 0.25) is 0 Å². The van der Waals surface area contributed by atoms with Crippen LogP contribution in [0.4, 0.5) is 0 Å². The summed E-state index contributed by atoms with van der Waals surface area (Å²) in [4.78, 5) is 1.18. The Labute approximate surface area is 130 Å². The zero-order chi connectivity index (χ0) is 15.1. The quantitative estimate of drug-likeness (QED) is 0.786. The Morgan fingerprint density at radius 1 is 1.24 bits per heavy atom. The van der Waals surface area contributed by atoms with E-state index in [0.717, 1.165) is 0 Å². The minimum Gasteiger partial charge on any atom is -0.389 e. The number of aryl methyl sites for hydroxylation is 1. The normalized spacial score (nSPS) is 14.0. The van der Waals surface area contributed by atoms with Crippen molar-refractivity contribution in [3.05, 3.63) is 57.8 Å². The van der Waals surface area contributed by atoms with Crippen LogP contribution in [0.5, 0.6) is 0 Å². The maximum atomic E-state index is 9.96. The van der Waals surface area contributed by atoms with Gasteiger partial charge in [0.1, 0.15) is 0 Å². The predicted octanol–water partition coefficient (Wildman–Crippen LogP) is 3.28. The first-order valence-electron chi connectivity index (χ1n) is 7.24. The molecule has 4 heteroatoms. The van der Waals surface area contributed by atoms with Crippen molar-refractivity contribution in [2.24, 2.45) is 0 Å². The lowest BCUT2D eigenvalue weighted by molar-refractivity contribution is 0.0288. The van der Waals surface area contributed by atoms with Gasteiger partial charge in [-0.2, -0.15) is 0 Å². The smallest absolute Gasteiger partial charge is 0.0898 e. The molecule has 0 saturated carbocycles. The zero-order valence-electron chi connectivity index (χ0n) is 12.6. The third kappa shape index (κ3) is 5.25. The van der Waals surface area contributed by atoms with Gasteiger partial charge in [0, 0.05) is 17.5 Å². The van der Waals surface area contributed by atoms with Gasteiger partial charge in [-0.15, -0.1) is 11.3 Å². The van der Waals surface area contributed by atoms with Gasteiger partial charge in [-0.05, 0) is 36.4 Å². The Morgan fingerprint density at radius 2 is 2.05 bits per heavy atom. The molecular formula is C17H23NO2S. The second-order valence-electron chi connectivity index (χ2n) is 5.23. The van der Waals surface area contributed by atoms with Crippen molar-refractivity contribution in [1.29, 1.82) is 0 Å². The molecule has 0 aliphatic heterocycles. The molecule has 0 aliphatic rings. The highest BCUT2D eigenvalue weighted by Gasteiger charge is 2.10. The van der Waals surface area contributed by atoms with E-state index in [9.17, 15) is 5.11 Å². The molecule has 1 unspecified atom stereocenters. The van der Waals surface area contributed by atoms with Crippen LogP contribution < -0.4 is 5.32 Å². The van der Waals surface area contributed by atoms with Gasteiger partial charge in [0.15, 0.2) is 0 Å². The van der Waals surface area contributed by atoms with Crippen LogP contribution in [-0.4, -0.2) is 24.4 Å². The highest BCUT2D eigenvalue weighted by atomic mass is 32.1. The fourth-order valence-electron chi connectivity index (χ4n) is 2.24. The first-order chi connectivity index (χ1) is 10.2. The monoisotopic (exact) mass is 305 g/mol. The minimum absolute atomic E-state index is 0.221. The first-order valence-corrected chi connectivity index (χ1v) is 8.12. The molecule has 1 aromatic heterocycles. The molecule has 0 bridgehead atoms. The Bertz CT molecular complexity index is 527. The van der Waals surface area contributed by atoms with Crippen LogP contribution in [0.2, 0.25) is 0 Å². The lowest BCUT2D eigenvalue weighted by Crippen LogP contribution is -2.32. The molecule has 2 aromatic rings. The molecule has 1 aromatic carbocycles. The van der Waals surface area contributed by atoms with Crippen molar-refractivity contribution < 1.29 is 9.84 Å². The molecule has 2 N–H and O–H groups in total. The van der Waals surface area contributed by atoms with Gasteiger partial charge in [0.05, 0.1) is 19.3 Å². The molecule has 21 heavy (non-hydrogen) atoms. The highest BCUT2D eigenvalue weighted by molar-refractivity contribution is 7.09. The lowest BCUT2D eigenvalue weighted by Gasteiger charge is -2.19. The molecule has 1 heterocycles. The Balaban J connectivity index is 1.68. The fourth-order valence-corrected chi connectivity index (χ4v) is 2.89. The minimum atomic E-state index is -0.489. The van der Waals surface area contributed by atoms with Crippen LogP contribution in [0.3, 0.4) is 0 Å². The largest absolute Gasteiger partial charge is 0.389 e. The van der Waals surface area contributed by atoms with Gasteiger partial charge in [0.25, 0.3) is 0 Å². The number of rotatable bonds is 8. The molecule has 3 nitrogen and oxygen atoms in total.